The van der Waals surface area contributed by atoms with Crippen molar-refractivity contribution in [2.45, 2.75) is 6.04 Å². The summed E-state index contributed by atoms with van der Waals surface area (Å²) < 4.78 is 5.30. The van der Waals surface area contributed by atoms with Crippen molar-refractivity contribution in [3.8, 4) is 17.0 Å². The molecule has 2 amide bonds. The Hall–Kier alpha value is -2.90. The van der Waals surface area contributed by atoms with Gasteiger partial charge < -0.3 is 15.0 Å². The van der Waals surface area contributed by atoms with Gasteiger partial charge in [-0.1, -0.05) is 42.5 Å². The molecule has 0 bridgehead atoms. The fourth-order valence-corrected chi connectivity index (χ4v) is 3.57. The number of hydrogen-bond acceptors (Lipinski definition) is 5. The highest BCUT2D eigenvalue weighted by molar-refractivity contribution is 7.14. The van der Waals surface area contributed by atoms with Crippen LogP contribution in [0.5, 0.6) is 5.75 Å². The number of thiazole rings is 1. The van der Waals surface area contributed by atoms with E-state index < -0.39 is 0 Å². The van der Waals surface area contributed by atoms with E-state index in [1.54, 1.807) is 7.11 Å². The Morgan fingerprint density at radius 2 is 1.96 bits per heavy atom. The lowest BCUT2D eigenvalue weighted by molar-refractivity contribution is 0.243. The number of carbonyl (C=O) groups excluding carboxylic acids is 1. The second-order valence-electron chi connectivity index (χ2n) is 6.49. The fourth-order valence-electron chi connectivity index (χ4n) is 2.85. The van der Waals surface area contributed by atoms with Crippen molar-refractivity contribution >= 4 is 22.5 Å². The van der Waals surface area contributed by atoms with E-state index in [1.807, 2.05) is 74.1 Å². The number of methoxy groups -OCH3 is 1. The van der Waals surface area contributed by atoms with Crippen LogP contribution in [-0.2, 0) is 0 Å². The zero-order chi connectivity index (χ0) is 19.9. The average molecular weight is 397 g/mol. The summed E-state index contributed by atoms with van der Waals surface area (Å²) in [4.78, 5) is 18.9. The number of ether oxygens (including phenoxy) is 1. The van der Waals surface area contributed by atoms with E-state index in [9.17, 15) is 4.79 Å². The summed E-state index contributed by atoms with van der Waals surface area (Å²) in [7, 11) is 5.61. The number of rotatable bonds is 7. The summed E-state index contributed by atoms with van der Waals surface area (Å²) in [5.74, 6) is 0.796. The number of hydrogen-bond donors (Lipinski definition) is 2. The molecular weight excluding hydrogens is 372 g/mol. The van der Waals surface area contributed by atoms with Crippen LogP contribution in [0.3, 0.4) is 0 Å². The first-order valence-electron chi connectivity index (χ1n) is 8.93. The van der Waals surface area contributed by atoms with Crippen molar-refractivity contribution in [2.24, 2.45) is 0 Å². The summed E-state index contributed by atoms with van der Waals surface area (Å²) in [6, 6.07) is 17.5. The average Bonchev–Trinajstić information content (AvgIpc) is 3.17. The summed E-state index contributed by atoms with van der Waals surface area (Å²) in [6.45, 7) is 0.461. The van der Waals surface area contributed by atoms with Gasteiger partial charge in [-0.05, 0) is 31.8 Å². The van der Waals surface area contributed by atoms with E-state index >= 15 is 0 Å². The van der Waals surface area contributed by atoms with Crippen LogP contribution in [-0.4, -0.2) is 43.7 Å². The lowest BCUT2D eigenvalue weighted by atomic mass is 10.1. The molecule has 0 spiro atoms. The number of urea groups is 1. The number of benzene rings is 2. The Bertz CT molecular complexity index is 912. The van der Waals surface area contributed by atoms with E-state index in [1.165, 1.54) is 11.3 Å². The van der Waals surface area contributed by atoms with Crippen LogP contribution in [0.15, 0.2) is 60.0 Å². The molecular formula is C21H24N4O2S. The second-order valence-corrected chi connectivity index (χ2v) is 7.35. The number of nitrogens with one attached hydrogen (secondary N) is 2. The van der Waals surface area contributed by atoms with Crippen LogP contribution in [0.25, 0.3) is 11.3 Å². The standard InChI is InChI=1S/C21H24N4O2S/c1-25(2)19(16-10-7-11-17(12-16)27-3)13-22-20(26)24-21-23-18(14-28-21)15-8-5-4-6-9-15/h4-12,14,19H,13H2,1-3H3,(H2,22,23,24,26). The fraction of sp³-hybridized carbons (Fsp3) is 0.238. The minimum absolute atomic E-state index is 0.0250. The van der Waals surface area contributed by atoms with Gasteiger partial charge >= 0.3 is 6.03 Å². The molecule has 0 aliphatic heterocycles. The molecule has 0 saturated carbocycles. The molecule has 6 nitrogen and oxygen atoms in total. The Morgan fingerprint density at radius 1 is 1.18 bits per heavy atom. The zero-order valence-electron chi connectivity index (χ0n) is 16.2. The van der Waals surface area contributed by atoms with E-state index in [0.717, 1.165) is 22.6 Å². The van der Waals surface area contributed by atoms with Crippen molar-refractivity contribution in [1.82, 2.24) is 15.2 Å². The van der Waals surface area contributed by atoms with Gasteiger partial charge in [0, 0.05) is 17.5 Å². The van der Waals surface area contributed by atoms with Gasteiger partial charge in [-0.2, -0.15) is 0 Å². The number of nitrogens with zero attached hydrogens (tertiary/aromatic N) is 2. The van der Waals surface area contributed by atoms with E-state index in [-0.39, 0.29) is 12.1 Å². The number of likely N-dealkylation sites (N-methyl/N-ethyl adjacent to an activating group) is 1. The number of anilines is 1. The predicted molar refractivity (Wildman–Crippen MR) is 114 cm³/mol. The van der Waals surface area contributed by atoms with E-state index in [0.29, 0.717) is 11.7 Å². The van der Waals surface area contributed by atoms with Gasteiger partial charge in [0.15, 0.2) is 5.13 Å². The van der Waals surface area contributed by atoms with Crippen molar-refractivity contribution in [3.05, 3.63) is 65.5 Å². The van der Waals surface area contributed by atoms with Crippen LogP contribution in [0.1, 0.15) is 11.6 Å². The Labute approximate surface area is 169 Å². The largest absolute Gasteiger partial charge is 0.497 e. The first kappa shape index (κ1) is 19.9. The van der Waals surface area contributed by atoms with E-state index in [2.05, 4.69) is 20.5 Å². The maximum absolute atomic E-state index is 12.3. The predicted octanol–water partition coefficient (Wildman–Crippen LogP) is 4.24. The molecule has 0 fully saturated rings. The molecule has 146 valence electrons. The second kappa shape index (κ2) is 9.34. The maximum atomic E-state index is 12.3. The summed E-state index contributed by atoms with van der Waals surface area (Å²) in [5, 5.41) is 8.25. The molecule has 0 aliphatic carbocycles. The van der Waals surface area contributed by atoms with Crippen LogP contribution >= 0.6 is 11.3 Å². The highest BCUT2D eigenvalue weighted by Gasteiger charge is 2.16. The molecule has 1 heterocycles. The van der Waals surface area contributed by atoms with Crippen LogP contribution in [0.2, 0.25) is 0 Å². The molecule has 7 heteroatoms. The van der Waals surface area contributed by atoms with E-state index in [4.69, 9.17) is 4.74 Å². The van der Waals surface area contributed by atoms with Crippen molar-refractivity contribution in [1.29, 1.82) is 0 Å². The van der Waals surface area contributed by atoms with Crippen molar-refractivity contribution < 1.29 is 9.53 Å². The molecule has 1 atom stereocenters. The molecule has 1 unspecified atom stereocenters. The van der Waals surface area contributed by atoms with Crippen LogP contribution in [0, 0.1) is 0 Å². The minimum Gasteiger partial charge on any atom is -0.497 e. The zero-order valence-corrected chi connectivity index (χ0v) is 17.0. The molecule has 28 heavy (non-hydrogen) atoms. The van der Waals surface area contributed by atoms with Gasteiger partial charge in [-0.3, -0.25) is 5.32 Å². The number of carbonyl (C=O) groups is 1. The summed E-state index contributed by atoms with van der Waals surface area (Å²) >= 11 is 1.40. The Balaban J connectivity index is 1.60. The minimum atomic E-state index is -0.274. The third-order valence-electron chi connectivity index (χ3n) is 4.35. The van der Waals surface area contributed by atoms with Gasteiger partial charge in [0.2, 0.25) is 0 Å². The third kappa shape index (κ3) is 5.09. The number of aromatic nitrogens is 1. The molecule has 2 aromatic carbocycles. The summed E-state index contributed by atoms with van der Waals surface area (Å²) in [5.41, 5.74) is 2.95. The lowest BCUT2D eigenvalue weighted by Gasteiger charge is -2.25. The molecule has 3 rings (SSSR count). The topological polar surface area (TPSA) is 66.5 Å². The van der Waals surface area contributed by atoms with Gasteiger partial charge in [0.1, 0.15) is 5.75 Å². The van der Waals surface area contributed by atoms with Gasteiger partial charge in [0.05, 0.1) is 18.8 Å². The van der Waals surface area contributed by atoms with Gasteiger partial charge in [-0.15, -0.1) is 11.3 Å². The molecule has 2 N–H and O–H groups in total. The highest BCUT2D eigenvalue weighted by atomic mass is 32.1. The van der Waals surface area contributed by atoms with Crippen LogP contribution in [0.4, 0.5) is 9.93 Å². The maximum Gasteiger partial charge on any atom is 0.321 e. The highest BCUT2D eigenvalue weighted by Crippen LogP contribution is 2.25. The first-order valence-corrected chi connectivity index (χ1v) is 9.81. The summed E-state index contributed by atoms with van der Waals surface area (Å²) in [6.07, 6.45) is 0. The normalized spacial score (nSPS) is 11.9. The molecule has 0 aliphatic rings. The third-order valence-corrected chi connectivity index (χ3v) is 5.11. The molecule has 0 saturated heterocycles. The molecule has 0 radical (unpaired) electrons. The quantitative estimate of drug-likeness (QED) is 0.627. The van der Waals surface area contributed by atoms with Gasteiger partial charge in [0.25, 0.3) is 0 Å². The lowest BCUT2D eigenvalue weighted by Crippen LogP contribution is -2.36. The van der Waals surface area contributed by atoms with Crippen LogP contribution < -0.4 is 15.4 Å². The molecule has 3 aromatic rings. The Morgan fingerprint density at radius 3 is 2.68 bits per heavy atom. The smallest absolute Gasteiger partial charge is 0.321 e. The van der Waals surface area contributed by atoms with Gasteiger partial charge in [-0.25, -0.2) is 9.78 Å². The Kier molecular flexibility index (Phi) is 6.62. The molecule has 1 aromatic heterocycles. The number of amides is 2. The SMILES string of the molecule is COc1cccc(C(CNC(=O)Nc2nc(-c3ccccc3)cs2)N(C)C)c1. The monoisotopic (exact) mass is 396 g/mol. The van der Waals surface area contributed by atoms with Crippen molar-refractivity contribution in [3.63, 3.8) is 0 Å². The van der Waals surface area contributed by atoms with Crippen molar-refractivity contribution in [2.75, 3.05) is 33.1 Å². The first-order chi connectivity index (χ1) is 13.6.